The Hall–Kier alpha value is -3.30. The summed E-state index contributed by atoms with van der Waals surface area (Å²) in [6, 6.07) is 5.14. The highest BCUT2D eigenvalue weighted by Gasteiger charge is 2.23. The molecule has 0 saturated heterocycles. The molecule has 5 aromatic rings. The summed E-state index contributed by atoms with van der Waals surface area (Å²) in [4.78, 5) is 8.59. The average molecular weight is 450 g/mol. The van der Waals surface area contributed by atoms with Crippen molar-refractivity contribution >= 4 is 38.3 Å². The molecule has 0 aliphatic heterocycles. The van der Waals surface area contributed by atoms with Crippen molar-refractivity contribution in [3.63, 3.8) is 0 Å². The van der Waals surface area contributed by atoms with E-state index in [-0.39, 0.29) is 23.8 Å². The molecule has 4 heterocycles. The van der Waals surface area contributed by atoms with Crippen LogP contribution in [-0.2, 0) is 0 Å². The molecule has 1 saturated carbocycles. The molecule has 1 aliphatic carbocycles. The lowest BCUT2D eigenvalue weighted by Gasteiger charge is -2.25. The third-order valence-electron chi connectivity index (χ3n) is 6.24. The molecule has 1 aromatic carbocycles. The fraction of sp³-hybridized carbons (Fsp3) is 0.261. The summed E-state index contributed by atoms with van der Waals surface area (Å²) in [6.45, 7) is 0. The van der Waals surface area contributed by atoms with E-state index in [1.165, 1.54) is 17.4 Å². The van der Waals surface area contributed by atoms with Crippen molar-refractivity contribution in [2.45, 2.75) is 37.8 Å². The molecule has 3 N–H and O–H groups in total. The number of nitrogens with zero attached hydrogens (tertiary/aromatic N) is 4. The molecule has 162 valence electrons. The van der Waals surface area contributed by atoms with Crippen LogP contribution in [0.5, 0.6) is 0 Å². The predicted molar refractivity (Wildman–Crippen MR) is 122 cm³/mol. The van der Waals surface area contributed by atoms with Gasteiger partial charge in [0.2, 0.25) is 0 Å². The summed E-state index contributed by atoms with van der Waals surface area (Å²) in [5.74, 6) is 0.267. The first kappa shape index (κ1) is 19.4. The van der Waals surface area contributed by atoms with Gasteiger partial charge < -0.3 is 15.3 Å². The Morgan fingerprint density at radius 3 is 2.84 bits per heavy atom. The monoisotopic (exact) mass is 449 g/mol. The molecule has 1 aliphatic rings. The second kappa shape index (κ2) is 7.39. The van der Waals surface area contributed by atoms with Gasteiger partial charge in [0, 0.05) is 28.9 Å². The van der Waals surface area contributed by atoms with Crippen LogP contribution in [0, 0.1) is 5.82 Å². The summed E-state index contributed by atoms with van der Waals surface area (Å²) in [7, 11) is 0. The van der Waals surface area contributed by atoms with Gasteiger partial charge in [-0.2, -0.15) is 5.10 Å². The number of halogens is 1. The van der Waals surface area contributed by atoms with Crippen LogP contribution in [0.3, 0.4) is 0 Å². The molecule has 32 heavy (non-hydrogen) atoms. The molecule has 0 atom stereocenters. The average Bonchev–Trinajstić information content (AvgIpc) is 3.54. The maximum Gasteiger partial charge on any atom is 0.177 e. The van der Waals surface area contributed by atoms with E-state index in [0.717, 1.165) is 52.4 Å². The van der Waals surface area contributed by atoms with Crippen molar-refractivity contribution < 1.29 is 13.9 Å². The minimum atomic E-state index is -0.374. The lowest BCUT2D eigenvalue weighted by atomic mass is 9.93. The van der Waals surface area contributed by atoms with Gasteiger partial charge >= 0.3 is 0 Å². The van der Waals surface area contributed by atoms with Crippen LogP contribution in [0.1, 0.15) is 31.7 Å². The zero-order chi connectivity index (χ0) is 21.8. The lowest BCUT2D eigenvalue weighted by molar-refractivity contribution is 0.108. The molecule has 4 aromatic heterocycles. The quantitative estimate of drug-likeness (QED) is 0.394. The van der Waals surface area contributed by atoms with Crippen molar-refractivity contribution in [2.75, 3.05) is 5.73 Å². The third-order valence-corrected chi connectivity index (χ3v) is 7.10. The number of aliphatic hydroxyl groups is 1. The van der Waals surface area contributed by atoms with Crippen LogP contribution in [0.25, 0.3) is 43.6 Å². The maximum absolute atomic E-state index is 14.8. The van der Waals surface area contributed by atoms with Crippen LogP contribution < -0.4 is 5.73 Å². The minimum absolute atomic E-state index is 0.213. The number of furan rings is 1. The van der Waals surface area contributed by atoms with Crippen molar-refractivity contribution in [1.82, 2.24) is 19.7 Å². The molecule has 0 spiro atoms. The Bertz CT molecular complexity index is 1450. The SMILES string of the molecule is Nc1ncc(-c2cnn([C@H]3CC[C@H](O)CC3)c2)c2cc(-c3c(F)ccc4ncsc34)oc12. The molecular formula is C23H20FN5O2S. The van der Waals surface area contributed by atoms with Gasteiger partial charge in [0.15, 0.2) is 11.4 Å². The largest absolute Gasteiger partial charge is 0.452 e. The first-order valence-electron chi connectivity index (χ1n) is 10.5. The Morgan fingerprint density at radius 2 is 2.00 bits per heavy atom. The molecule has 1 fully saturated rings. The number of nitrogen functional groups attached to an aromatic ring is 1. The lowest BCUT2D eigenvalue weighted by Crippen LogP contribution is -2.21. The van der Waals surface area contributed by atoms with Gasteiger partial charge in [-0.1, -0.05) is 0 Å². The number of fused-ring (bicyclic) bond motifs is 2. The van der Waals surface area contributed by atoms with Gasteiger partial charge in [-0.3, -0.25) is 4.68 Å². The van der Waals surface area contributed by atoms with Gasteiger partial charge in [-0.15, -0.1) is 11.3 Å². The van der Waals surface area contributed by atoms with E-state index in [9.17, 15) is 9.50 Å². The van der Waals surface area contributed by atoms with Crippen molar-refractivity contribution in [2.24, 2.45) is 0 Å². The fourth-order valence-electron chi connectivity index (χ4n) is 4.53. The molecule has 0 amide bonds. The number of thiazole rings is 1. The van der Waals surface area contributed by atoms with E-state index in [1.54, 1.807) is 24.0 Å². The Morgan fingerprint density at radius 1 is 1.16 bits per heavy atom. The highest BCUT2D eigenvalue weighted by molar-refractivity contribution is 7.17. The number of aromatic nitrogens is 4. The van der Waals surface area contributed by atoms with Gasteiger partial charge in [0.25, 0.3) is 0 Å². The van der Waals surface area contributed by atoms with Crippen molar-refractivity contribution in [3.05, 3.63) is 48.1 Å². The fourth-order valence-corrected chi connectivity index (χ4v) is 5.36. The zero-order valence-corrected chi connectivity index (χ0v) is 17.8. The molecule has 7 nitrogen and oxygen atoms in total. The van der Waals surface area contributed by atoms with Crippen molar-refractivity contribution in [3.8, 4) is 22.5 Å². The summed E-state index contributed by atoms with van der Waals surface area (Å²) in [5, 5.41) is 15.1. The number of nitrogens with two attached hydrogens (primary N) is 1. The van der Waals surface area contributed by atoms with Crippen LogP contribution in [0.15, 0.2) is 46.7 Å². The Labute approximate surface area is 186 Å². The van der Waals surface area contributed by atoms with Gasteiger partial charge in [0.1, 0.15) is 11.6 Å². The summed E-state index contributed by atoms with van der Waals surface area (Å²) in [5.41, 5.74) is 11.0. The second-order valence-corrected chi connectivity index (χ2v) is 9.06. The Kier molecular flexibility index (Phi) is 4.48. The third kappa shape index (κ3) is 3.08. The van der Waals surface area contributed by atoms with Crippen LogP contribution in [0.4, 0.5) is 10.2 Å². The van der Waals surface area contributed by atoms with E-state index in [1.807, 2.05) is 16.9 Å². The molecule has 0 bridgehead atoms. The normalized spacial score (nSPS) is 19.2. The number of aliphatic hydroxyl groups excluding tert-OH is 1. The molecule has 0 unspecified atom stereocenters. The smallest absolute Gasteiger partial charge is 0.177 e. The highest BCUT2D eigenvalue weighted by atomic mass is 32.1. The first-order valence-corrected chi connectivity index (χ1v) is 11.4. The number of anilines is 1. The molecule has 9 heteroatoms. The van der Waals surface area contributed by atoms with E-state index < -0.39 is 0 Å². The van der Waals surface area contributed by atoms with Gasteiger partial charge in [-0.25, -0.2) is 14.4 Å². The topological polar surface area (TPSA) is 103 Å². The molecule has 0 radical (unpaired) electrons. The van der Waals surface area contributed by atoms with Gasteiger partial charge in [-0.05, 0) is 43.9 Å². The standard InChI is InChI=1S/C23H20FN5O2S/c24-17-5-6-18-22(32-11-27-18)20(17)19-7-15-16(9-26-23(25)21(15)31-19)12-8-28-29(10-12)13-1-3-14(30)4-2-13/h5-11,13-14,30H,1-4H2,(H2,25,26)/t13-,14-. The maximum atomic E-state index is 14.8. The van der Waals surface area contributed by atoms with Crippen LogP contribution >= 0.6 is 11.3 Å². The van der Waals surface area contributed by atoms with E-state index in [2.05, 4.69) is 15.1 Å². The number of hydrogen-bond donors (Lipinski definition) is 2. The first-order chi connectivity index (χ1) is 15.6. The number of rotatable bonds is 3. The summed E-state index contributed by atoms with van der Waals surface area (Å²) < 4.78 is 23.5. The number of benzene rings is 1. The van der Waals surface area contributed by atoms with Crippen molar-refractivity contribution in [1.29, 1.82) is 0 Å². The molecular weight excluding hydrogens is 429 g/mol. The van der Waals surface area contributed by atoms with Crippen LogP contribution in [-0.4, -0.2) is 31.0 Å². The second-order valence-electron chi connectivity index (χ2n) is 8.20. The van der Waals surface area contributed by atoms with Crippen LogP contribution in [0.2, 0.25) is 0 Å². The number of pyridine rings is 1. The highest BCUT2D eigenvalue weighted by Crippen LogP contribution is 2.40. The van der Waals surface area contributed by atoms with Gasteiger partial charge in [0.05, 0.1) is 39.6 Å². The predicted octanol–water partition coefficient (Wildman–Crippen LogP) is 5.17. The van der Waals surface area contributed by atoms with E-state index >= 15 is 0 Å². The Balaban J connectivity index is 1.46. The summed E-state index contributed by atoms with van der Waals surface area (Å²) >= 11 is 1.37. The van der Waals surface area contributed by atoms with E-state index in [4.69, 9.17) is 10.2 Å². The van der Waals surface area contributed by atoms with E-state index in [0.29, 0.717) is 16.9 Å². The zero-order valence-electron chi connectivity index (χ0n) is 17.0. The minimum Gasteiger partial charge on any atom is -0.452 e. The molecule has 6 rings (SSSR count). The number of hydrogen-bond acceptors (Lipinski definition) is 7. The summed E-state index contributed by atoms with van der Waals surface area (Å²) in [6.07, 6.45) is 8.64.